The van der Waals surface area contributed by atoms with Crippen LogP contribution in [0.3, 0.4) is 0 Å². The average molecular weight is 372 g/mol. The molecule has 2 amide bonds. The normalized spacial score (nSPS) is 19.3. The summed E-state index contributed by atoms with van der Waals surface area (Å²) in [5, 5.41) is 6.84. The molecule has 2 N–H and O–H groups in total. The topological polar surface area (TPSA) is 70.7 Å². The third-order valence-corrected chi connectivity index (χ3v) is 4.81. The van der Waals surface area contributed by atoms with Crippen molar-refractivity contribution in [3.8, 4) is 5.75 Å². The minimum absolute atomic E-state index is 0.000593. The SMILES string of the molecule is O=C1COc2ccc(C(=O)N3CCNC(c4cccc(Cl)c4)C3)cc2N1. The molecule has 1 fully saturated rings. The summed E-state index contributed by atoms with van der Waals surface area (Å²) >= 11 is 6.08. The van der Waals surface area contributed by atoms with Gasteiger partial charge in [0.05, 0.1) is 11.7 Å². The van der Waals surface area contributed by atoms with Gasteiger partial charge in [0.15, 0.2) is 6.61 Å². The number of piperazine rings is 1. The lowest BCUT2D eigenvalue weighted by Crippen LogP contribution is -2.48. The van der Waals surface area contributed by atoms with Gasteiger partial charge in [0, 0.05) is 30.2 Å². The van der Waals surface area contributed by atoms with E-state index in [4.69, 9.17) is 16.3 Å². The number of amides is 2. The molecule has 0 saturated carbocycles. The number of rotatable bonds is 2. The lowest BCUT2D eigenvalue weighted by Gasteiger charge is -2.34. The Morgan fingerprint density at radius 2 is 2.12 bits per heavy atom. The zero-order valence-corrected chi connectivity index (χ0v) is 14.8. The molecule has 4 rings (SSSR count). The molecule has 134 valence electrons. The molecule has 2 aliphatic heterocycles. The fourth-order valence-corrected chi connectivity index (χ4v) is 3.48. The van der Waals surface area contributed by atoms with Crippen LogP contribution in [0, 0.1) is 0 Å². The molecule has 1 atom stereocenters. The smallest absolute Gasteiger partial charge is 0.262 e. The molecule has 1 saturated heterocycles. The van der Waals surface area contributed by atoms with Gasteiger partial charge in [0.25, 0.3) is 11.8 Å². The van der Waals surface area contributed by atoms with E-state index in [9.17, 15) is 9.59 Å². The molecule has 0 spiro atoms. The van der Waals surface area contributed by atoms with Gasteiger partial charge < -0.3 is 20.3 Å². The van der Waals surface area contributed by atoms with Crippen molar-refractivity contribution >= 4 is 29.1 Å². The van der Waals surface area contributed by atoms with Gasteiger partial charge in [-0.05, 0) is 35.9 Å². The number of fused-ring (bicyclic) bond motifs is 1. The number of nitrogens with one attached hydrogen (secondary N) is 2. The Morgan fingerprint density at radius 1 is 1.23 bits per heavy atom. The van der Waals surface area contributed by atoms with Gasteiger partial charge in [-0.25, -0.2) is 0 Å². The Hall–Kier alpha value is -2.57. The van der Waals surface area contributed by atoms with Crippen molar-refractivity contribution < 1.29 is 14.3 Å². The summed E-state index contributed by atoms with van der Waals surface area (Å²) in [6.45, 7) is 1.88. The summed E-state index contributed by atoms with van der Waals surface area (Å²) in [6.07, 6.45) is 0. The third kappa shape index (κ3) is 3.38. The highest BCUT2D eigenvalue weighted by Gasteiger charge is 2.26. The predicted molar refractivity (Wildman–Crippen MR) is 98.7 cm³/mol. The van der Waals surface area contributed by atoms with Crippen LogP contribution in [0.4, 0.5) is 5.69 Å². The number of halogens is 1. The fraction of sp³-hybridized carbons (Fsp3) is 0.263. The van der Waals surface area contributed by atoms with E-state index in [-0.39, 0.29) is 24.5 Å². The Kier molecular flexibility index (Phi) is 4.53. The van der Waals surface area contributed by atoms with Gasteiger partial charge in [-0.3, -0.25) is 9.59 Å². The van der Waals surface area contributed by atoms with Crippen LogP contribution in [0.5, 0.6) is 5.75 Å². The van der Waals surface area contributed by atoms with Gasteiger partial charge in [0.1, 0.15) is 5.75 Å². The zero-order chi connectivity index (χ0) is 18.1. The van der Waals surface area contributed by atoms with Crippen molar-refractivity contribution in [3.63, 3.8) is 0 Å². The van der Waals surface area contributed by atoms with Gasteiger partial charge >= 0.3 is 0 Å². The number of anilines is 1. The second-order valence-electron chi connectivity index (χ2n) is 6.36. The molecule has 26 heavy (non-hydrogen) atoms. The van der Waals surface area contributed by atoms with Gasteiger partial charge in [0.2, 0.25) is 0 Å². The molecule has 1 unspecified atom stereocenters. The van der Waals surface area contributed by atoms with Crippen LogP contribution < -0.4 is 15.4 Å². The molecule has 0 bridgehead atoms. The predicted octanol–water partition coefficient (Wildman–Crippen LogP) is 2.46. The van der Waals surface area contributed by atoms with Crippen LogP contribution in [0.25, 0.3) is 0 Å². The van der Waals surface area contributed by atoms with E-state index in [1.165, 1.54) is 0 Å². The quantitative estimate of drug-likeness (QED) is 0.850. The third-order valence-electron chi connectivity index (χ3n) is 4.57. The van der Waals surface area contributed by atoms with Crippen molar-refractivity contribution in [2.24, 2.45) is 0 Å². The highest BCUT2D eigenvalue weighted by molar-refractivity contribution is 6.30. The van der Waals surface area contributed by atoms with Crippen LogP contribution in [-0.2, 0) is 4.79 Å². The Labute approximate surface area is 156 Å². The number of carbonyl (C=O) groups excluding carboxylic acids is 2. The standard InChI is InChI=1S/C19H18ClN3O3/c20-14-3-1-2-12(8-14)16-10-23(7-6-21-16)19(25)13-4-5-17-15(9-13)22-18(24)11-26-17/h1-5,8-9,16,21H,6-7,10-11H2,(H,22,24). The fourth-order valence-electron chi connectivity index (χ4n) is 3.28. The Balaban J connectivity index is 1.53. The summed E-state index contributed by atoms with van der Waals surface area (Å²) < 4.78 is 5.34. The van der Waals surface area contributed by atoms with Crippen molar-refractivity contribution in [1.82, 2.24) is 10.2 Å². The van der Waals surface area contributed by atoms with Crippen LogP contribution in [0.15, 0.2) is 42.5 Å². The minimum Gasteiger partial charge on any atom is -0.482 e. The van der Waals surface area contributed by atoms with Gasteiger partial charge in [-0.1, -0.05) is 23.7 Å². The molecule has 2 aromatic rings. The van der Waals surface area contributed by atoms with E-state index in [1.807, 2.05) is 29.2 Å². The van der Waals surface area contributed by atoms with Crippen LogP contribution in [0.2, 0.25) is 5.02 Å². The van der Waals surface area contributed by atoms with E-state index >= 15 is 0 Å². The monoisotopic (exact) mass is 371 g/mol. The number of hydrogen-bond donors (Lipinski definition) is 2. The summed E-state index contributed by atoms with van der Waals surface area (Å²) in [6, 6.07) is 12.8. The van der Waals surface area contributed by atoms with Crippen molar-refractivity contribution in [2.45, 2.75) is 6.04 Å². The highest BCUT2D eigenvalue weighted by atomic mass is 35.5. The first-order valence-electron chi connectivity index (χ1n) is 8.45. The lowest BCUT2D eigenvalue weighted by molar-refractivity contribution is -0.118. The second-order valence-corrected chi connectivity index (χ2v) is 6.80. The first-order valence-corrected chi connectivity index (χ1v) is 8.83. The van der Waals surface area contributed by atoms with Gasteiger partial charge in [-0.15, -0.1) is 0 Å². The molecule has 2 heterocycles. The Bertz CT molecular complexity index is 871. The first kappa shape index (κ1) is 16.9. The number of hydrogen-bond acceptors (Lipinski definition) is 4. The van der Waals surface area contributed by atoms with E-state index in [1.54, 1.807) is 18.2 Å². The van der Waals surface area contributed by atoms with Crippen LogP contribution in [-0.4, -0.2) is 43.0 Å². The van der Waals surface area contributed by atoms with E-state index in [0.29, 0.717) is 41.7 Å². The highest BCUT2D eigenvalue weighted by Crippen LogP contribution is 2.29. The lowest BCUT2D eigenvalue weighted by atomic mass is 10.0. The molecule has 0 aliphatic carbocycles. The van der Waals surface area contributed by atoms with Crippen molar-refractivity contribution in [3.05, 3.63) is 58.6 Å². The number of ether oxygens (including phenoxy) is 1. The molecule has 2 aromatic carbocycles. The second kappa shape index (κ2) is 6.97. The largest absolute Gasteiger partial charge is 0.482 e. The summed E-state index contributed by atoms with van der Waals surface area (Å²) in [5.41, 5.74) is 2.12. The minimum atomic E-state index is -0.217. The maximum atomic E-state index is 12.9. The van der Waals surface area contributed by atoms with E-state index in [2.05, 4.69) is 10.6 Å². The first-order chi connectivity index (χ1) is 12.6. The number of carbonyl (C=O) groups is 2. The molecule has 7 heteroatoms. The molecular formula is C19H18ClN3O3. The molecule has 0 radical (unpaired) electrons. The van der Waals surface area contributed by atoms with E-state index < -0.39 is 0 Å². The van der Waals surface area contributed by atoms with Crippen molar-refractivity contribution in [2.75, 3.05) is 31.6 Å². The molecule has 2 aliphatic rings. The number of nitrogens with zero attached hydrogens (tertiary/aromatic N) is 1. The van der Waals surface area contributed by atoms with Crippen LogP contribution >= 0.6 is 11.6 Å². The maximum absolute atomic E-state index is 12.9. The van der Waals surface area contributed by atoms with E-state index in [0.717, 1.165) is 5.56 Å². The molecular weight excluding hydrogens is 354 g/mol. The summed E-state index contributed by atoms with van der Waals surface area (Å²) in [5.74, 6) is 0.296. The molecule has 6 nitrogen and oxygen atoms in total. The summed E-state index contributed by atoms with van der Waals surface area (Å²) in [7, 11) is 0. The van der Waals surface area contributed by atoms with Crippen molar-refractivity contribution in [1.29, 1.82) is 0 Å². The number of benzene rings is 2. The average Bonchev–Trinajstić information content (AvgIpc) is 2.67. The zero-order valence-electron chi connectivity index (χ0n) is 14.0. The van der Waals surface area contributed by atoms with Crippen LogP contribution in [0.1, 0.15) is 22.0 Å². The molecule has 0 aromatic heterocycles. The Morgan fingerprint density at radius 3 is 2.96 bits per heavy atom. The summed E-state index contributed by atoms with van der Waals surface area (Å²) in [4.78, 5) is 26.2. The van der Waals surface area contributed by atoms with Gasteiger partial charge in [-0.2, -0.15) is 0 Å². The maximum Gasteiger partial charge on any atom is 0.262 e.